The third-order valence-corrected chi connectivity index (χ3v) is 4.14. The zero-order valence-electron chi connectivity index (χ0n) is 12.0. The van der Waals surface area contributed by atoms with E-state index in [9.17, 15) is 0 Å². The van der Waals surface area contributed by atoms with Gasteiger partial charge >= 0.3 is 0 Å². The maximum absolute atomic E-state index is 6.44. The maximum Gasteiger partial charge on any atom is 0.0471 e. The molecule has 1 aliphatic rings. The Balaban J connectivity index is 2.21. The summed E-state index contributed by atoms with van der Waals surface area (Å²) in [5.41, 5.74) is 2.56. The number of hydrogen-bond acceptors (Lipinski definition) is 3. The molecule has 0 aromatic heterocycles. The molecule has 0 bridgehead atoms. The highest BCUT2D eigenvalue weighted by atomic mass is 35.5. The number of halogens is 1. The molecule has 1 fully saturated rings. The van der Waals surface area contributed by atoms with Crippen molar-refractivity contribution in [3.05, 3.63) is 28.8 Å². The second-order valence-corrected chi connectivity index (χ2v) is 5.34. The molecule has 0 aliphatic carbocycles. The Bertz CT molecular complexity index is 398. The van der Waals surface area contributed by atoms with Crippen molar-refractivity contribution >= 4 is 17.3 Å². The zero-order chi connectivity index (χ0) is 13.7. The number of nitrogens with one attached hydrogen (secondary N) is 1. The first-order chi connectivity index (χ1) is 9.26. The van der Waals surface area contributed by atoms with Crippen molar-refractivity contribution in [3.63, 3.8) is 0 Å². The molecule has 1 heterocycles. The molecule has 19 heavy (non-hydrogen) atoms. The van der Waals surface area contributed by atoms with E-state index in [-0.39, 0.29) is 0 Å². The Morgan fingerprint density at radius 2 is 1.89 bits per heavy atom. The predicted molar refractivity (Wildman–Crippen MR) is 83.2 cm³/mol. The van der Waals surface area contributed by atoms with Gasteiger partial charge in [-0.05, 0) is 26.0 Å². The van der Waals surface area contributed by atoms with Crippen molar-refractivity contribution in [3.8, 4) is 0 Å². The largest absolute Gasteiger partial charge is 0.372 e. The van der Waals surface area contributed by atoms with Crippen molar-refractivity contribution in [2.45, 2.75) is 20.4 Å². The van der Waals surface area contributed by atoms with Crippen molar-refractivity contribution in [2.75, 3.05) is 44.2 Å². The van der Waals surface area contributed by atoms with Gasteiger partial charge in [0, 0.05) is 62.1 Å². The van der Waals surface area contributed by atoms with Crippen LogP contribution in [-0.4, -0.2) is 44.2 Å². The first kappa shape index (κ1) is 14.6. The van der Waals surface area contributed by atoms with Crippen LogP contribution in [0.3, 0.4) is 0 Å². The first-order valence-corrected chi connectivity index (χ1v) is 7.59. The van der Waals surface area contributed by atoms with Gasteiger partial charge in [-0.2, -0.15) is 0 Å². The summed E-state index contributed by atoms with van der Waals surface area (Å²) in [6, 6.07) is 6.25. The molecule has 0 radical (unpaired) electrons. The highest BCUT2D eigenvalue weighted by Crippen LogP contribution is 2.29. The SMILES string of the molecule is CCN(CC)c1cccc(Cl)c1CN1CCNCC1. The van der Waals surface area contributed by atoms with Gasteiger partial charge in [-0.25, -0.2) is 0 Å². The second-order valence-electron chi connectivity index (χ2n) is 4.94. The summed E-state index contributed by atoms with van der Waals surface area (Å²) < 4.78 is 0. The smallest absolute Gasteiger partial charge is 0.0471 e. The Hall–Kier alpha value is -0.770. The van der Waals surface area contributed by atoms with Crippen LogP contribution in [0.1, 0.15) is 19.4 Å². The van der Waals surface area contributed by atoms with E-state index in [1.807, 2.05) is 6.07 Å². The Morgan fingerprint density at radius 3 is 2.53 bits per heavy atom. The minimum Gasteiger partial charge on any atom is -0.372 e. The fourth-order valence-corrected chi connectivity index (χ4v) is 2.89. The molecule has 0 atom stereocenters. The number of anilines is 1. The van der Waals surface area contributed by atoms with Gasteiger partial charge in [-0.1, -0.05) is 17.7 Å². The summed E-state index contributed by atoms with van der Waals surface area (Å²) >= 11 is 6.44. The van der Waals surface area contributed by atoms with Gasteiger partial charge in [-0.15, -0.1) is 0 Å². The van der Waals surface area contributed by atoms with Gasteiger partial charge in [0.25, 0.3) is 0 Å². The molecule has 4 heteroatoms. The quantitative estimate of drug-likeness (QED) is 0.895. The minimum absolute atomic E-state index is 0.892. The van der Waals surface area contributed by atoms with Gasteiger partial charge in [-0.3, -0.25) is 4.90 Å². The van der Waals surface area contributed by atoms with Gasteiger partial charge in [0.05, 0.1) is 0 Å². The van der Waals surface area contributed by atoms with Crippen LogP contribution in [0.15, 0.2) is 18.2 Å². The predicted octanol–water partition coefficient (Wildman–Crippen LogP) is 2.59. The molecule has 1 saturated heterocycles. The van der Waals surface area contributed by atoms with Crippen molar-refractivity contribution in [1.82, 2.24) is 10.2 Å². The average Bonchev–Trinajstić information content (AvgIpc) is 2.45. The molecule has 0 amide bonds. The molecule has 0 saturated carbocycles. The molecule has 0 unspecified atom stereocenters. The highest BCUT2D eigenvalue weighted by molar-refractivity contribution is 6.31. The van der Waals surface area contributed by atoms with E-state index in [1.54, 1.807) is 0 Å². The molecular formula is C15H24ClN3. The fraction of sp³-hybridized carbons (Fsp3) is 0.600. The lowest BCUT2D eigenvalue weighted by atomic mass is 10.1. The average molecular weight is 282 g/mol. The molecule has 1 aliphatic heterocycles. The summed E-state index contributed by atoms with van der Waals surface area (Å²) in [7, 11) is 0. The van der Waals surface area contributed by atoms with Gasteiger partial charge in [0.2, 0.25) is 0 Å². The van der Waals surface area contributed by atoms with E-state index < -0.39 is 0 Å². The van der Waals surface area contributed by atoms with Gasteiger partial charge in [0.1, 0.15) is 0 Å². The fourth-order valence-electron chi connectivity index (χ4n) is 2.66. The van der Waals surface area contributed by atoms with Crippen LogP contribution in [0.4, 0.5) is 5.69 Å². The summed E-state index contributed by atoms with van der Waals surface area (Å²) in [5, 5.41) is 4.28. The number of hydrogen-bond donors (Lipinski definition) is 1. The number of rotatable bonds is 5. The van der Waals surface area contributed by atoms with E-state index >= 15 is 0 Å². The third kappa shape index (κ3) is 3.62. The van der Waals surface area contributed by atoms with Crippen LogP contribution in [0, 0.1) is 0 Å². The maximum atomic E-state index is 6.44. The Kier molecular flexibility index (Phi) is 5.49. The lowest BCUT2D eigenvalue weighted by Gasteiger charge is -2.31. The van der Waals surface area contributed by atoms with Crippen molar-refractivity contribution < 1.29 is 0 Å². The molecule has 1 N–H and O–H groups in total. The van der Waals surface area contributed by atoms with Crippen LogP contribution >= 0.6 is 11.6 Å². The molecule has 1 aromatic carbocycles. The lowest BCUT2D eigenvalue weighted by Crippen LogP contribution is -2.43. The Morgan fingerprint density at radius 1 is 1.21 bits per heavy atom. The van der Waals surface area contributed by atoms with Crippen molar-refractivity contribution in [1.29, 1.82) is 0 Å². The molecule has 0 spiro atoms. The van der Waals surface area contributed by atoms with E-state index in [4.69, 9.17) is 11.6 Å². The third-order valence-electron chi connectivity index (χ3n) is 3.79. The molecular weight excluding hydrogens is 258 g/mol. The van der Waals surface area contributed by atoms with Crippen LogP contribution in [0.2, 0.25) is 5.02 Å². The van der Waals surface area contributed by atoms with Crippen LogP contribution in [0.5, 0.6) is 0 Å². The number of benzene rings is 1. The molecule has 3 nitrogen and oxygen atoms in total. The van der Waals surface area contributed by atoms with Gasteiger partial charge < -0.3 is 10.2 Å². The normalized spacial score (nSPS) is 16.6. The molecule has 2 rings (SSSR count). The number of nitrogens with zero attached hydrogens (tertiary/aromatic N) is 2. The molecule has 1 aromatic rings. The van der Waals surface area contributed by atoms with E-state index in [0.717, 1.165) is 50.8 Å². The molecule has 106 valence electrons. The van der Waals surface area contributed by atoms with E-state index in [1.165, 1.54) is 11.3 Å². The summed E-state index contributed by atoms with van der Waals surface area (Å²) in [5.74, 6) is 0. The van der Waals surface area contributed by atoms with E-state index in [0.29, 0.717) is 0 Å². The van der Waals surface area contributed by atoms with E-state index in [2.05, 4.69) is 41.1 Å². The topological polar surface area (TPSA) is 18.5 Å². The van der Waals surface area contributed by atoms with Crippen molar-refractivity contribution in [2.24, 2.45) is 0 Å². The van der Waals surface area contributed by atoms with Crippen LogP contribution < -0.4 is 10.2 Å². The highest BCUT2D eigenvalue weighted by Gasteiger charge is 2.16. The minimum atomic E-state index is 0.892. The van der Waals surface area contributed by atoms with Gasteiger partial charge in [0.15, 0.2) is 0 Å². The Labute approximate surface area is 121 Å². The zero-order valence-corrected chi connectivity index (χ0v) is 12.7. The standard InChI is InChI=1S/C15H24ClN3/c1-3-19(4-2)15-7-5-6-14(16)13(15)12-18-10-8-17-9-11-18/h5-7,17H,3-4,8-12H2,1-2H3. The van der Waals surface area contributed by atoms with Crippen LogP contribution in [0.25, 0.3) is 0 Å². The summed E-state index contributed by atoms with van der Waals surface area (Å²) in [6.07, 6.45) is 0. The first-order valence-electron chi connectivity index (χ1n) is 7.21. The monoisotopic (exact) mass is 281 g/mol. The lowest BCUT2D eigenvalue weighted by molar-refractivity contribution is 0.233. The number of piperazine rings is 1. The summed E-state index contributed by atoms with van der Waals surface area (Å²) in [4.78, 5) is 4.86. The van der Waals surface area contributed by atoms with Crippen LogP contribution in [-0.2, 0) is 6.54 Å². The summed E-state index contributed by atoms with van der Waals surface area (Å²) in [6.45, 7) is 11.7. The second kappa shape index (κ2) is 7.13.